The Morgan fingerprint density at radius 2 is 1.74 bits per heavy atom. The number of rotatable bonds is 5. The van der Waals surface area contributed by atoms with E-state index in [1.807, 2.05) is 0 Å². The van der Waals surface area contributed by atoms with Gasteiger partial charge in [0.1, 0.15) is 0 Å². The van der Waals surface area contributed by atoms with Crippen molar-refractivity contribution in [3.63, 3.8) is 0 Å². The maximum Gasteiger partial charge on any atom is 0.294 e. The minimum absolute atomic E-state index is 0.0259. The zero-order valence-electron chi connectivity index (χ0n) is 16.9. The smallest absolute Gasteiger partial charge is 0.294 e. The molecule has 0 aliphatic heterocycles. The Bertz CT molecular complexity index is 1470. The van der Waals surface area contributed by atoms with Crippen LogP contribution < -0.4 is 4.72 Å². The van der Waals surface area contributed by atoms with Gasteiger partial charge in [-0.2, -0.15) is 8.42 Å². The SMILES string of the molecule is Cc1c(S(=O)(=O)Nc2ccc3[nH]cc(C(=O)C(=O)N(C)C)c3c2)[nH]c2ccc(Cl)cc12. The van der Waals surface area contributed by atoms with Gasteiger partial charge < -0.3 is 14.9 Å². The maximum absolute atomic E-state index is 13.1. The molecule has 2 aromatic heterocycles. The van der Waals surface area contributed by atoms with Gasteiger partial charge in [0, 0.05) is 52.8 Å². The molecule has 0 unspecified atom stereocenters. The Kier molecular flexibility index (Phi) is 5.03. The van der Waals surface area contributed by atoms with Crippen LogP contribution in [0.25, 0.3) is 21.8 Å². The number of aromatic nitrogens is 2. The lowest BCUT2D eigenvalue weighted by molar-refractivity contribution is -0.124. The summed E-state index contributed by atoms with van der Waals surface area (Å²) in [4.78, 5) is 31.6. The van der Waals surface area contributed by atoms with Gasteiger partial charge in [0.05, 0.1) is 5.56 Å². The average molecular weight is 459 g/mol. The van der Waals surface area contributed by atoms with E-state index in [0.29, 0.717) is 32.4 Å². The van der Waals surface area contributed by atoms with Crippen molar-refractivity contribution in [3.8, 4) is 0 Å². The largest absolute Gasteiger partial charge is 0.360 e. The molecule has 0 atom stereocenters. The van der Waals surface area contributed by atoms with Gasteiger partial charge >= 0.3 is 0 Å². The van der Waals surface area contributed by atoms with E-state index in [2.05, 4.69) is 14.7 Å². The van der Waals surface area contributed by atoms with E-state index in [9.17, 15) is 18.0 Å². The molecule has 0 fully saturated rings. The van der Waals surface area contributed by atoms with Crippen LogP contribution in [0.4, 0.5) is 5.69 Å². The number of aromatic amines is 2. The molecule has 3 N–H and O–H groups in total. The third-order valence-corrected chi connectivity index (χ3v) is 6.71. The van der Waals surface area contributed by atoms with Crippen LogP contribution in [0.3, 0.4) is 0 Å². The Labute approximate surface area is 183 Å². The summed E-state index contributed by atoms with van der Waals surface area (Å²) < 4.78 is 28.7. The quantitative estimate of drug-likeness (QED) is 0.312. The van der Waals surface area contributed by atoms with Gasteiger partial charge in [0.2, 0.25) is 0 Å². The second-order valence-electron chi connectivity index (χ2n) is 7.37. The Hall–Kier alpha value is -3.30. The van der Waals surface area contributed by atoms with Crippen LogP contribution in [0, 0.1) is 6.92 Å². The van der Waals surface area contributed by atoms with Crippen LogP contribution in [0.15, 0.2) is 47.6 Å². The Morgan fingerprint density at radius 1 is 1.03 bits per heavy atom. The fraction of sp³-hybridized carbons (Fsp3) is 0.143. The summed E-state index contributed by atoms with van der Waals surface area (Å²) in [6.45, 7) is 1.70. The van der Waals surface area contributed by atoms with Crippen LogP contribution in [-0.4, -0.2) is 49.1 Å². The highest BCUT2D eigenvalue weighted by Gasteiger charge is 2.24. The van der Waals surface area contributed by atoms with Crippen molar-refractivity contribution >= 4 is 60.8 Å². The van der Waals surface area contributed by atoms with Crippen LogP contribution in [0.5, 0.6) is 0 Å². The second-order valence-corrected chi connectivity index (χ2v) is 9.42. The first-order chi connectivity index (χ1) is 14.6. The number of hydrogen-bond donors (Lipinski definition) is 3. The number of ketones is 1. The standard InChI is InChI=1S/C21H19ClN4O4S/c1-11-14-8-12(22)4-6-18(14)24-20(11)31(29,30)25-13-5-7-17-15(9-13)16(10-23-17)19(27)21(28)26(2)3/h4-10,23-25H,1-3H3. The Balaban J connectivity index is 1.73. The van der Waals surface area contributed by atoms with Crippen molar-refractivity contribution in [3.05, 3.63) is 58.7 Å². The molecule has 4 aromatic rings. The zero-order chi connectivity index (χ0) is 22.5. The maximum atomic E-state index is 13.1. The van der Waals surface area contributed by atoms with Gasteiger partial charge in [0.25, 0.3) is 21.7 Å². The molecule has 0 radical (unpaired) electrons. The summed E-state index contributed by atoms with van der Waals surface area (Å²) >= 11 is 6.03. The van der Waals surface area contributed by atoms with Crippen molar-refractivity contribution in [1.29, 1.82) is 0 Å². The van der Waals surface area contributed by atoms with E-state index < -0.39 is 21.7 Å². The summed E-state index contributed by atoms with van der Waals surface area (Å²) in [6.07, 6.45) is 1.44. The molecule has 0 saturated carbocycles. The predicted molar refractivity (Wildman–Crippen MR) is 120 cm³/mol. The van der Waals surface area contributed by atoms with Crippen molar-refractivity contribution in [2.24, 2.45) is 0 Å². The summed E-state index contributed by atoms with van der Waals surface area (Å²) in [5.74, 6) is -1.35. The van der Waals surface area contributed by atoms with Gasteiger partial charge in [0.15, 0.2) is 5.03 Å². The molecule has 2 heterocycles. The zero-order valence-corrected chi connectivity index (χ0v) is 18.5. The molecule has 0 aliphatic carbocycles. The number of benzene rings is 2. The molecule has 160 valence electrons. The van der Waals surface area contributed by atoms with Crippen LogP contribution in [0.1, 0.15) is 15.9 Å². The van der Waals surface area contributed by atoms with Crippen molar-refractivity contribution in [1.82, 2.24) is 14.9 Å². The topological polar surface area (TPSA) is 115 Å². The van der Waals surface area contributed by atoms with Crippen LogP contribution in [-0.2, 0) is 14.8 Å². The number of carbonyl (C=O) groups is 2. The number of hydrogen-bond acceptors (Lipinski definition) is 4. The summed E-state index contributed by atoms with van der Waals surface area (Å²) in [7, 11) is -0.971. The number of fused-ring (bicyclic) bond motifs is 2. The first kappa shape index (κ1) is 21.0. The van der Waals surface area contributed by atoms with Crippen molar-refractivity contribution in [2.75, 3.05) is 18.8 Å². The molecule has 8 nitrogen and oxygen atoms in total. The number of halogens is 1. The lowest BCUT2D eigenvalue weighted by Gasteiger charge is -2.09. The van der Waals surface area contributed by atoms with E-state index in [1.165, 1.54) is 31.3 Å². The first-order valence-electron chi connectivity index (χ1n) is 9.26. The summed E-state index contributed by atoms with van der Waals surface area (Å²) in [6, 6.07) is 9.84. The number of amides is 1. The first-order valence-corrected chi connectivity index (χ1v) is 11.1. The molecule has 4 rings (SSSR count). The number of carbonyl (C=O) groups excluding carboxylic acids is 2. The fourth-order valence-corrected chi connectivity index (χ4v) is 4.91. The lowest BCUT2D eigenvalue weighted by atomic mass is 10.1. The third-order valence-electron chi connectivity index (χ3n) is 5.02. The van der Waals surface area contributed by atoms with E-state index >= 15 is 0 Å². The summed E-state index contributed by atoms with van der Waals surface area (Å²) in [5.41, 5.74) is 2.23. The normalized spacial score (nSPS) is 11.7. The lowest BCUT2D eigenvalue weighted by Crippen LogP contribution is -2.29. The molecule has 31 heavy (non-hydrogen) atoms. The number of H-pyrrole nitrogens is 2. The number of nitrogens with zero attached hydrogens (tertiary/aromatic N) is 1. The fourth-order valence-electron chi connectivity index (χ4n) is 3.44. The molecule has 0 saturated heterocycles. The second kappa shape index (κ2) is 7.44. The van der Waals surface area contributed by atoms with E-state index in [-0.39, 0.29) is 16.3 Å². The molecule has 1 amide bonds. The number of anilines is 1. The molecule has 10 heteroatoms. The van der Waals surface area contributed by atoms with E-state index in [1.54, 1.807) is 37.3 Å². The van der Waals surface area contributed by atoms with Crippen LogP contribution in [0.2, 0.25) is 5.02 Å². The van der Waals surface area contributed by atoms with E-state index in [0.717, 1.165) is 0 Å². The van der Waals surface area contributed by atoms with E-state index in [4.69, 9.17) is 11.6 Å². The van der Waals surface area contributed by atoms with Gasteiger partial charge in [-0.05, 0) is 48.9 Å². The number of likely N-dealkylation sites (N-methyl/N-ethyl adjacent to an activating group) is 1. The van der Waals surface area contributed by atoms with Crippen molar-refractivity contribution in [2.45, 2.75) is 11.9 Å². The van der Waals surface area contributed by atoms with Crippen molar-refractivity contribution < 1.29 is 18.0 Å². The summed E-state index contributed by atoms with van der Waals surface area (Å²) in [5, 5.41) is 1.69. The van der Waals surface area contributed by atoms with Gasteiger partial charge in [-0.1, -0.05) is 11.6 Å². The molecular weight excluding hydrogens is 440 g/mol. The highest BCUT2D eigenvalue weighted by molar-refractivity contribution is 7.92. The minimum atomic E-state index is -3.95. The monoisotopic (exact) mass is 458 g/mol. The van der Waals surface area contributed by atoms with Crippen LogP contribution >= 0.6 is 11.6 Å². The molecule has 0 bridgehead atoms. The minimum Gasteiger partial charge on any atom is -0.360 e. The molecule has 0 aliphatic rings. The highest BCUT2D eigenvalue weighted by atomic mass is 35.5. The Morgan fingerprint density at radius 3 is 2.45 bits per heavy atom. The number of nitrogens with one attached hydrogen (secondary N) is 3. The van der Waals surface area contributed by atoms with Gasteiger partial charge in [-0.3, -0.25) is 14.3 Å². The third kappa shape index (κ3) is 3.66. The molecular formula is C21H19ClN4O4S. The molecule has 2 aromatic carbocycles. The average Bonchev–Trinajstić information content (AvgIpc) is 3.28. The van der Waals surface area contributed by atoms with Gasteiger partial charge in [-0.25, -0.2) is 0 Å². The molecule has 0 spiro atoms. The predicted octanol–water partition coefficient (Wildman–Crippen LogP) is 3.68. The highest BCUT2D eigenvalue weighted by Crippen LogP contribution is 2.30. The number of sulfonamides is 1. The number of aryl methyl sites for hydroxylation is 1. The number of Topliss-reactive ketones (excluding diaryl/α,β-unsaturated/α-hetero) is 1. The van der Waals surface area contributed by atoms with Gasteiger partial charge in [-0.15, -0.1) is 0 Å².